The van der Waals surface area contributed by atoms with Crippen LogP contribution in [0.2, 0.25) is 0 Å². The summed E-state index contributed by atoms with van der Waals surface area (Å²) in [5, 5.41) is 0. The fourth-order valence-corrected chi connectivity index (χ4v) is 6.18. The lowest BCUT2D eigenvalue weighted by Crippen LogP contribution is -2.61. The van der Waals surface area contributed by atoms with E-state index in [1.807, 2.05) is 6.07 Å². The van der Waals surface area contributed by atoms with E-state index in [-0.39, 0.29) is 0 Å². The van der Waals surface area contributed by atoms with Crippen LogP contribution in [-0.2, 0) is 18.3 Å². The molecule has 0 amide bonds. The van der Waals surface area contributed by atoms with Crippen molar-refractivity contribution in [3.05, 3.63) is 53.5 Å². The predicted molar refractivity (Wildman–Crippen MR) is 103 cm³/mol. The number of piperidine rings is 1. The molecule has 3 nitrogen and oxygen atoms in total. The summed E-state index contributed by atoms with van der Waals surface area (Å²) < 4.78 is 11.1. The molecule has 1 saturated carbocycles. The maximum atomic E-state index is 5.58. The van der Waals surface area contributed by atoms with Crippen molar-refractivity contribution in [2.45, 2.75) is 56.4 Å². The van der Waals surface area contributed by atoms with Gasteiger partial charge in [-0.2, -0.15) is 0 Å². The lowest BCUT2D eigenvalue weighted by Gasteiger charge is -2.59. The topological polar surface area (TPSA) is 25.6 Å². The van der Waals surface area contributed by atoms with Crippen molar-refractivity contribution in [3.8, 4) is 5.75 Å². The lowest BCUT2D eigenvalue weighted by molar-refractivity contribution is -0.0112. The zero-order chi connectivity index (χ0) is 17.6. The number of hydrogen-bond acceptors (Lipinski definition) is 3. The SMILES string of the molecule is COc1ccc2c(c1)[C@@]13CCCC[C@H]1[C@@H](C2)N(CCc1ccco1)CC3. The second-order valence-electron chi connectivity index (χ2n) is 8.42. The number of methoxy groups -OCH3 is 1. The van der Waals surface area contributed by atoms with Gasteiger partial charge in [-0.05, 0) is 73.5 Å². The van der Waals surface area contributed by atoms with Gasteiger partial charge in [0.05, 0.1) is 13.4 Å². The highest BCUT2D eigenvalue weighted by atomic mass is 16.5. The number of rotatable bonds is 4. The average molecular weight is 351 g/mol. The highest BCUT2D eigenvalue weighted by Crippen LogP contribution is 2.56. The van der Waals surface area contributed by atoms with Gasteiger partial charge in [-0.3, -0.25) is 4.90 Å². The Hall–Kier alpha value is -1.74. The fourth-order valence-electron chi connectivity index (χ4n) is 6.18. The smallest absolute Gasteiger partial charge is 0.119 e. The number of ether oxygens (including phenoxy) is 1. The summed E-state index contributed by atoms with van der Waals surface area (Å²) in [4.78, 5) is 2.77. The van der Waals surface area contributed by atoms with E-state index in [9.17, 15) is 0 Å². The van der Waals surface area contributed by atoms with Gasteiger partial charge in [0.25, 0.3) is 0 Å². The second kappa shape index (κ2) is 6.45. The van der Waals surface area contributed by atoms with Crippen LogP contribution in [0.1, 0.15) is 49.0 Å². The quantitative estimate of drug-likeness (QED) is 0.806. The lowest BCUT2D eigenvalue weighted by atomic mass is 9.52. The molecule has 2 heterocycles. The van der Waals surface area contributed by atoms with Gasteiger partial charge in [0.15, 0.2) is 0 Å². The fraction of sp³-hybridized carbons (Fsp3) is 0.565. The first kappa shape index (κ1) is 16.4. The van der Waals surface area contributed by atoms with Crippen LogP contribution in [-0.4, -0.2) is 31.1 Å². The highest BCUT2D eigenvalue weighted by Gasteiger charge is 2.53. The third-order valence-corrected chi connectivity index (χ3v) is 7.38. The Balaban J connectivity index is 1.47. The van der Waals surface area contributed by atoms with Crippen molar-refractivity contribution in [1.29, 1.82) is 0 Å². The molecule has 1 aliphatic heterocycles. The molecule has 1 saturated heterocycles. The number of nitrogens with zero attached hydrogens (tertiary/aromatic N) is 1. The number of fused-ring (bicyclic) bond motifs is 1. The van der Waals surface area contributed by atoms with E-state index < -0.39 is 0 Å². The molecule has 2 fully saturated rings. The van der Waals surface area contributed by atoms with E-state index in [2.05, 4.69) is 29.2 Å². The second-order valence-corrected chi connectivity index (χ2v) is 8.42. The third kappa shape index (κ3) is 2.51. The van der Waals surface area contributed by atoms with E-state index >= 15 is 0 Å². The van der Waals surface area contributed by atoms with Gasteiger partial charge in [0, 0.05) is 24.4 Å². The predicted octanol–water partition coefficient (Wildman–Crippen LogP) is 4.59. The summed E-state index contributed by atoms with van der Waals surface area (Å²) >= 11 is 0. The molecule has 1 aromatic carbocycles. The van der Waals surface area contributed by atoms with Gasteiger partial charge in [0.2, 0.25) is 0 Å². The molecule has 26 heavy (non-hydrogen) atoms. The van der Waals surface area contributed by atoms with Gasteiger partial charge in [0.1, 0.15) is 11.5 Å². The van der Waals surface area contributed by atoms with Crippen LogP contribution in [0, 0.1) is 5.92 Å². The maximum Gasteiger partial charge on any atom is 0.119 e. The molecule has 0 spiro atoms. The van der Waals surface area contributed by atoms with Crippen LogP contribution >= 0.6 is 0 Å². The van der Waals surface area contributed by atoms with E-state index in [1.165, 1.54) is 45.1 Å². The molecule has 5 rings (SSSR count). The van der Waals surface area contributed by atoms with Crippen LogP contribution < -0.4 is 4.74 Å². The van der Waals surface area contributed by atoms with Gasteiger partial charge in [-0.15, -0.1) is 0 Å². The van der Waals surface area contributed by atoms with Gasteiger partial charge in [-0.25, -0.2) is 0 Å². The highest BCUT2D eigenvalue weighted by molar-refractivity contribution is 5.45. The number of likely N-dealkylation sites (tertiary alicyclic amines) is 1. The summed E-state index contributed by atoms with van der Waals surface area (Å²) in [5.41, 5.74) is 3.58. The van der Waals surface area contributed by atoms with Gasteiger partial charge in [-0.1, -0.05) is 18.9 Å². The minimum Gasteiger partial charge on any atom is -0.497 e. The van der Waals surface area contributed by atoms with Crippen LogP contribution in [0.5, 0.6) is 5.75 Å². The molecule has 2 aliphatic carbocycles. The molecule has 3 heteroatoms. The maximum absolute atomic E-state index is 5.58. The molecule has 138 valence electrons. The Kier molecular flexibility index (Phi) is 4.08. The Morgan fingerprint density at radius 2 is 2.19 bits per heavy atom. The molecule has 2 bridgehead atoms. The summed E-state index contributed by atoms with van der Waals surface area (Å²) in [6.07, 6.45) is 10.8. The zero-order valence-corrected chi connectivity index (χ0v) is 15.7. The van der Waals surface area contributed by atoms with Crippen molar-refractivity contribution < 1.29 is 9.15 Å². The molecule has 0 radical (unpaired) electrons. The van der Waals surface area contributed by atoms with Crippen LogP contribution in [0.4, 0.5) is 0 Å². The van der Waals surface area contributed by atoms with Gasteiger partial charge < -0.3 is 9.15 Å². The minimum absolute atomic E-state index is 0.395. The van der Waals surface area contributed by atoms with Gasteiger partial charge >= 0.3 is 0 Å². The molecular formula is C23H29NO2. The Morgan fingerprint density at radius 1 is 1.23 bits per heavy atom. The van der Waals surface area contributed by atoms with E-state index in [0.29, 0.717) is 11.5 Å². The molecular weight excluding hydrogens is 322 g/mol. The molecule has 0 unspecified atom stereocenters. The third-order valence-electron chi connectivity index (χ3n) is 7.38. The standard InChI is InChI=1S/C23H29NO2/c1-25-19-8-7-17-15-22-20-6-2-3-10-23(20,21(17)16-19)11-13-24(22)12-9-18-5-4-14-26-18/h4-5,7-8,14,16,20,22H,2-3,6,9-13,15H2,1H3/t20-,22+,23+/m0/s1. The molecule has 3 aliphatic rings. The summed E-state index contributed by atoms with van der Waals surface area (Å²) in [7, 11) is 1.79. The molecule has 3 atom stereocenters. The first-order valence-electron chi connectivity index (χ1n) is 10.2. The summed E-state index contributed by atoms with van der Waals surface area (Å²) in [6.45, 7) is 2.34. The van der Waals surface area contributed by atoms with E-state index in [4.69, 9.17) is 9.15 Å². The Bertz CT molecular complexity index is 769. The number of hydrogen-bond donors (Lipinski definition) is 0. The van der Waals surface area contributed by atoms with Crippen molar-refractivity contribution >= 4 is 0 Å². The van der Waals surface area contributed by atoms with Crippen molar-refractivity contribution in [1.82, 2.24) is 4.90 Å². The first-order chi connectivity index (χ1) is 12.8. The molecule has 2 aromatic rings. The average Bonchev–Trinajstić information content (AvgIpc) is 3.20. The largest absolute Gasteiger partial charge is 0.497 e. The Labute approximate surface area is 156 Å². The zero-order valence-electron chi connectivity index (χ0n) is 15.7. The molecule has 0 N–H and O–H groups in total. The normalized spacial score (nSPS) is 30.5. The Morgan fingerprint density at radius 3 is 3.04 bits per heavy atom. The van der Waals surface area contributed by atoms with Crippen LogP contribution in [0.15, 0.2) is 41.0 Å². The minimum atomic E-state index is 0.395. The van der Waals surface area contributed by atoms with E-state index in [1.54, 1.807) is 24.5 Å². The van der Waals surface area contributed by atoms with Crippen LogP contribution in [0.3, 0.4) is 0 Å². The first-order valence-corrected chi connectivity index (χ1v) is 10.2. The van der Waals surface area contributed by atoms with E-state index in [0.717, 1.165) is 30.4 Å². The number of benzene rings is 1. The van der Waals surface area contributed by atoms with Crippen molar-refractivity contribution in [2.75, 3.05) is 20.2 Å². The summed E-state index contributed by atoms with van der Waals surface area (Å²) in [5.74, 6) is 2.95. The summed E-state index contributed by atoms with van der Waals surface area (Å²) in [6, 6.07) is 11.7. The number of furan rings is 1. The monoisotopic (exact) mass is 351 g/mol. The van der Waals surface area contributed by atoms with Crippen molar-refractivity contribution in [3.63, 3.8) is 0 Å². The van der Waals surface area contributed by atoms with Crippen LogP contribution in [0.25, 0.3) is 0 Å². The van der Waals surface area contributed by atoms with Crippen molar-refractivity contribution in [2.24, 2.45) is 5.92 Å². The molecule has 1 aromatic heterocycles.